The molecule has 0 bridgehead atoms. The topological polar surface area (TPSA) is 57.6 Å². The average Bonchev–Trinajstić information content (AvgIpc) is 1.73. The lowest BCUT2D eigenvalue weighted by Crippen LogP contribution is -2.58. The monoisotopic (exact) mass is 219 g/mol. The van der Waals surface area contributed by atoms with Crippen molar-refractivity contribution in [2.45, 2.75) is 37.8 Å². The van der Waals surface area contributed by atoms with Crippen LogP contribution in [-0.2, 0) is 10.0 Å². The van der Waals surface area contributed by atoms with Gasteiger partial charge in [0.1, 0.15) is 0 Å². The highest BCUT2D eigenvalue weighted by atomic mass is 32.2. The molecule has 0 spiro atoms. The Morgan fingerprint density at radius 2 is 2.00 bits per heavy atom. The summed E-state index contributed by atoms with van der Waals surface area (Å²) >= 11 is 0. The molecule has 5 heteroatoms. The summed E-state index contributed by atoms with van der Waals surface area (Å²) in [6.07, 6.45) is 4.86. The molecule has 4 nitrogen and oxygen atoms in total. The Morgan fingerprint density at radius 1 is 1.36 bits per heavy atom. The molecule has 2 atom stereocenters. The summed E-state index contributed by atoms with van der Waals surface area (Å²) < 4.78 is 24.0. The molecule has 0 amide bonds. The summed E-state index contributed by atoms with van der Waals surface area (Å²) in [5.74, 6) is 0.338. The summed E-state index contributed by atoms with van der Waals surface area (Å²) in [5, 5.41) is 9.92. The highest BCUT2D eigenvalue weighted by Gasteiger charge is 2.43. The molecule has 2 fully saturated rings. The SMILES string of the molecule is CS(=O)(=O)N1CCC1C(O)C1CCC1. The first-order chi connectivity index (χ1) is 6.50. The Balaban J connectivity index is 1.98. The van der Waals surface area contributed by atoms with Crippen molar-refractivity contribution in [3.05, 3.63) is 0 Å². The molecule has 1 aliphatic carbocycles. The molecular weight excluding hydrogens is 202 g/mol. The maximum atomic E-state index is 11.3. The van der Waals surface area contributed by atoms with Crippen molar-refractivity contribution in [1.29, 1.82) is 0 Å². The van der Waals surface area contributed by atoms with E-state index in [-0.39, 0.29) is 6.04 Å². The Bertz CT molecular complexity index is 310. The highest BCUT2D eigenvalue weighted by Crippen LogP contribution is 2.36. The standard InChI is InChI=1S/C9H17NO3S/c1-14(12,13)10-6-5-8(10)9(11)7-3-2-4-7/h7-9,11H,2-6H2,1H3. The second-order valence-electron chi connectivity index (χ2n) is 4.41. The van der Waals surface area contributed by atoms with E-state index in [0.717, 1.165) is 19.3 Å². The second-order valence-corrected chi connectivity index (χ2v) is 6.35. The van der Waals surface area contributed by atoms with Gasteiger partial charge in [-0.3, -0.25) is 0 Å². The summed E-state index contributed by atoms with van der Waals surface area (Å²) in [6, 6.07) is -0.143. The van der Waals surface area contributed by atoms with Crippen LogP contribution in [0.2, 0.25) is 0 Å². The summed E-state index contributed by atoms with van der Waals surface area (Å²) in [5.41, 5.74) is 0. The molecule has 0 radical (unpaired) electrons. The Labute approximate surface area is 85.0 Å². The molecule has 2 unspecified atom stereocenters. The maximum absolute atomic E-state index is 11.3. The van der Waals surface area contributed by atoms with E-state index in [1.54, 1.807) is 0 Å². The fourth-order valence-electron chi connectivity index (χ4n) is 2.23. The van der Waals surface area contributed by atoms with Crippen LogP contribution in [0.4, 0.5) is 0 Å². The van der Waals surface area contributed by atoms with Crippen LogP contribution in [0, 0.1) is 5.92 Å². The fourth-order valence-corrected chi connectivity index (χ4v) is 3.39. The van der Waals surface area contributed by atoms with E-state index in [1.165, 1.54) is 17.0 Å². The summed E-state index contributed by atoms with van der Waals surface area (Å²) in [6.45, 7) is 0.577. The van der Waals surface area contributed by atoms with Crippen LogP contribution in [-0.4, -0.2) is 42.8 Å². The molecule has 1 N–H and O–H groups in total. The molecule has 1 saturated heterocycles. The summed E-state index contributed by atoms with van der Waals surface area (Å²) in [7, 11) is -3.10. The van der Waals surface area contributed by atoms with E-state index in [1.807, 2.05) is 0 Å². The summed E-state index contributed by atoms with van der Waals surface area (Å²) in [4.78, 5) is 0. The first kappa shape index (κ1) is 10.4. The minimum Gasteiger partial charge on any atom is -0.391 e. The number of hydrogen-bond acceptors (Lipinski definition) is 3. The van der Waals surface area contributed by atoms with E-state index < -0.39 is 16.1 Å². The lowest BCUT2D eigenvalue weighted by atomic mass is 9.77. The van der Waals surface area contributed by atoms with Crippen molar-refractivity contribution in [3.63, 3.8) is 0 Å². The van der Waals surface area contributed by atoms with Gasteiger partial charge >= 0.3 is 0 Å². The van der Waals surface area contributed by atoms with Crippen LogP contribution in [0.3, 0.4) is 0 Å². The first-order valence-electron chi connectivity index (χ1n) is 5.15. The molecule has 0 aromatic carbocycles. The number of hydrogen-bond donors (Lipinski definition) is 1. The van der Waals surface area contributed by atoms with Crippen molar-refractivity contribution < 1.29 is 13.5 Å². The molecule has 2 aliphatic rings. The normalized spacial score (nSPS) is 32.0. The van der Waals surface area contributed by atoms with Crippen LogP contribution in [0.25, 0.3) is 0 Å². The third-order valence-electron chi connectivity index (χ3n) is 3.47. The van der Waals surface area contributed by atoms with E-state index >= 15 is 0 Å². The van der Waals surface area contributed by atoms with Crippen LogP contribution >= 0.6 is 0 Å². The largest absolute Gasteiger partial charge is 0.391 e. The third-order valence-corrected chi connectivity index (χ3v) is 4.77. The lowest BCUT2D eigenvalue weighted by Gasteiger charge is -2.45. The van der Waals surface area contributed by atoms with Gasteiger partial charge < -0.3 is 5.11 Å². The van der Waals surface area contributed by atoms with Gasteiger partial charge in [0.15, 0.2) is 0 Å². The van der Waals surface area contributed by atoms with E-state index in [4.69, 9.17) is 0 Å². The molecule has 2 rings (SSSR count). The fraction of sp³-hybridized carbons (Fsp3) is 1.00. The number of aliphatic hydroxyl groups excluding tert-OH is 1. The Morgan fingerprint density at radius 3 is 2.29 bits per heavy atom. The van der Waals surface area contributed by atoms with E-state index in [9.17, 15) is 13.5 Å². The van der Waals surface area contributed by atoms with Crippen molar-refractivity contribution in [2.75, 3.05) is 12.8 Å². The zero-order chi connectivity index (χ0) is 10.3. The molecule has 82 valence electrons. The van der Waals surface area contributed by atoms with E-state index in [0.29, 0.717) is 12.5 Å². The van der Waals surface area contributed by atoms with Crippen molar-refractivity contribution in [3.8, 4) is 0 Å². The molecule has 14 heavy (non-hydrogen) atoms. The van der Waals surface area contributed by atoms with Crippen LogP contribution in [0.5, 0.6) is 0 Å². The maximum Gasteiger partial charge on any atom is 0.211 e. The number of nitrogens with zero attached hydrogens (tertiary/aromatic N) is 1. The van der Waals surface area contributed by atoms with Crippen molar-refractivity contribution in [1.82, 2.24) is 4.31 Å². The minimum absolute atomic E-state index is 0.143. The van der Waals surface area contributed by atoms with Gasteiger partial charge in [-0.2, -0.15) is 4.31 Å². The lowest BCUT2D eigenvalue weighted by molar-refractivity contribution is -0.0246. The van der Waals surface area contributed by atoms with Gasteiger partial charge in [-0.15, -0.1) is 0 Å². The highest BCUT2D eigenvalue weighted by molar-refractivity contribution is 7.88. The molecule has 0 aromatic heterocycles. The van der Waals surface area contributed by atoms with Crippen LogP contribution in [0.15, 0.2) is 0 Å². The molecule has 1 saturated carbocycles. The predicted molar refractivity (Wildman–Crippen MR) is 53.3 cm³/mol. The van der Waals surface area contributed by atoms with Crippen molar-refractivity contribution >= 4 is 10.0 Å². The zero-order valence-electron chi connectivity index (χ0n) is 8.39. The molecule has 0 aromatic rings. The van der Waals surface area contributed by atoms with Gasteiger partial charge in [0.05, 0.1) is 18.4 Å². The average molecular weight is 219 g/mol. The minimum atomic E-state index is -3.10. The van der Waals surface area contributed by atoms with E-state index in [2.05, 4.69) is 0 Å². The first-order valence-corrected chi connectivity index (χ1v) is 7.00. The van der Waals surface area contributed by atoms with Gasteiger partial charge in [0.2, 0.25) is 10.0 Å². The quantitative estimate of drug-likeness (QED) is 0.736. The number of sulfonamides is 1. The zero-order valence-corrected chi connectivity index (χ0v) is 9.20. The number of rotatable bonds is 3. The van der Waals surface area contributed by atoms with Crippen LogP contribution < -0.4 is 0 Å². The molecule has 1 aliphatic heterocycles. The van der Waals surface area contributed by atoms with Crippen molar-refractivity contribution in [2.24, 2.45) is 5.92 Å². The van der Waals surface area contributed by atoms with Gasteiger partial charge in [0.25, 0.3) is 0 Å². The Hall–Kier alpha value is -0.130. The predicted octanol–water partition coefficient (Wildman–Crippen LogP) is 0.181. The van der Waals surface area contributed by atoms with Gasteiger partial charge in [0, 0.05) is 6.54 Å². The van der Waals surface area contributed by atoms with Gasteiger partial charge in [-0.05, 0) is 25.2 Å². The smallest absolute Gasteiger partial charge is 0.211 e. The van der Waals surface area contributed by atoms with Crippen LogP contribution in [0.1, 0.15) is 25.7 Å². The molecule has 1 heterocycles. The number of aliphatic hydroxyl groups is 1. The Kier molecular flexibility index (Phi) is 2.57. The van der Waals surface area contributed by atoms with Gasteiger partial charge in [-0.25, -0.2) is 8.42 Å². The third kappa shape index (κ3) is 1.68. The van der Waals surface area contributed by atoms with Gasteiger partial charge in [-0.1, -0.05) is 6.42 Å². The molecular formula is C9H17NO3S. The second kappa shape index (κ2) is 3.47.